The maximum Gasteiger partial charge on any atom is 0.160 e. The van der Waals surface area contributed by atoms with E-state index in [9.17, 15) is 0 Å². The molecule has 0 radical (unpaired) electrons. The Morgan fingerprint density at radius 1 is 0.282 bits per heavy atom. The van der Waals surface area contributed by atoms with Crippen molar-refractivity contribution in [1.82, 2.24) is 14.5 Å². The summed E-state index contributed by atoms with van der Waals surface area (Å²) < 4.78 is 2.42. The minimum absolute atomic E-state index is 0.731. The standard InChI is InChI=1S/C73H55N5/c1-50-20-16-18-30-65(50)70-49-69(74-73(75-70)66-31-19-17-21-51(66)2)55-34-32-53(33-35-55)56-38-43-64(52(3)46-56)54-36-39-61(40-37-54)78-71-44-41-62(76(57-22-8-4-9-23-57)58-24-10-5-11-25-58)47-67(71)68-48-63(42-45-72(68)78)77(59-26-12-6-13-27-59)60-28-14-7-15-29-60/h4-49H,1-3H3. The van der Waals surface area contributed by atoms with E-state index in [1.807, 2.05) is 0 Å². The molecule has 0 spiro atoms. The summed E-state index contributed by atoms with van der Waals surface area (Å²) in [4.78, 5) is 14.9. The van der Waals surface area contributed by atoms with Gasteiger partial charge in [-0.3, -0.25) is 0 Å². The van der Waals surface area contributed by atoms with Crippen LogP contribution in [0.2, 0.25) is 0 Å². The van der Waals surface area contributed by atoms with Gasteiger partial charge in [0.1, 0.15) is 0 Å². The SMILES string of the molecule is Cc1cc(-c2ccc(-c3cc(-c4ccccc4C)nc(-c4ccccc4C)n3)cc2)ccc1-c1ccc(-n2c3ccc(N(c4ccccc4)c4ccccc4)cc3c3cc(N(c4ccccc4)c4ccccc4)ccc32)cc1. The first-order valence-corrected chi connectivity index (χ1v) is 26.6. The Kier molecular flexibility index (Phi) is 12.5. The van der Waals surface area contributed by atoms with Gasteiger partial charge in [0.05, 0.1) is 22.4 Å². The third-order valence-corrected chi connectivity index (χ3v) is 15.0. The van der Waals surface area contributed by atoms with Gasteiger partial charge in [-0.05, 0) is 163 Å². The third-order valence-electron chi connectivity index (χ3n) is 15.0. The quantitative estimate of drug-likeness (QED) is 0.122. The molecular weight excluding hydrogens is 947 g/mol. The predicted octanol–water partition coefficient (Wildman–Crippen LogP) is 19.8. The number of benzene rings is 11. The van der Waals surface area contributed by atoms with Crippen LogP contribution in [-0.2, 0) is 0 Å². The van der Waals surface area contributed by atoms with Crippen molar-refractivity contribution in [2.24, 2.45) is 0 Å². The Hall–Kier alpha value is -10.1. The number of rotatable bonds is 12. The van der Waals surface area contributed by atoms with E-state index in [-0.39, 0.29) is 0 Å². The number of anilines is 6. The summed E-state index contributed by atoms with van der Waals surface area (Å²) in [6.07, 6.45) is 0. The summed E-state index contributed by atoms with van der Waals surface area (Å²) in [6, 6.07) is 99.9. The Morgan fingerprint density at radius 3 is 1.19 bits per heavy atom. The van der Waals surface area contributed by atoms with Gasteiger partial charge >= 0.3 is 0 Å². The molecule has 0 unspecified atom stereocenters. The molecule has 0 saturated carbocycles. The molecule has 2 heterocycles. The van der Waals surface area contributed by atoms with Crippen molar-refractivity contribution >= 4 is 55.9 Å². The van der Waals surface area contributed by atoms with Gasteiger partial charge in [0.2, 0.25) is 0 Å². The van der Waals surface area contributed by atoms with E-state index < -0.39 is 0 Å². The van der Waals surface area contributed by atoms with Crippen molar-refractivity contribution in [2.75, 3.05) is 9.80 Å². The van der Waals surface area contributed by atoms with E-state index in [2.05, 4.69) is 314 Å². The van der Waals surface area contributed by atoms with E-state index in [0.717, 1.165) is 95.9 Å². The highest BCUT2D eigenvalue weighted by Crippen LogP contribution is 2.43. The number of aromatic nitrogens is 3. The first kappa shape index (κ1) is 47.6. The summed E-state index contributed by atoms with van der Waals surface area (Å²) in [6.45, 7) is 6.47. The summed E-state index contributed by atoms with van der Waals surface area (Å²) in [5, 5.41) is 2.34. The Labute approximate surface area is 456 Å². The molecule has 13 aromatic rings. The lowest BCUT2D eigenvalue weighted by molar-refractivity contribution is 1.17. The molecule has 5 heteroatoms. The smallest absolute Gasteiger partial charge is 0.160 e. The molecule has 11 aromatic carbocycles. The molecule has 0 aliphatic heterocycles. The van der Waals surface area contributed by atoms with Crippen LogP contribution in [0.15, 0.2) is 279 Å². The van der Waals surface area contributed by atoms with Gasteiger partial charge in [0.15, 0.2) is 5.82 Å². The fraction of sp³-hybridized carbons (Fsp3) is 0.0411. The largest absolute Gasteiger partial charge is 0.310 e. The Bertz CT molecular complexity index is 3980. The Balaban J connectivity index is 0.855. The maximum absolute atomic E-state index is 5.15. The Morgan fingerprint density at radius 2 is 0.705 bits per heavy atom. The first-order chi connectivity index (χ1) is 38.4. The number of nitrogens with zero attached hydrogens (tertiary/aromatic N) is 5. The zero-order valence-corrected chi connectivity index (χ0v) is 43.8. The van der Waals surface area contributed by atoms with Crippen LogP contribution >= 0.6 is 0 Å². The number of aryl methyl sites for hydroxylation is 3. The van der Waals surface area contributed by atoms with Crippen LogP contribution in [0, 0.1) is 20.8 Å². The molecule has 2 aromatic heterocycles. The van der Waals surface area contributed by atoms with Crippen molar-refractivity contribution in [3.8, 4) is 61.8 Å². The van der Waals surface area contributed by atoms with E-state index in [1.54, 1.807) is 0 Å². The lowest BCUT2D eigenvalue weighted by Crippen LogP contribution is -2.09. The van der Waals surface area contributed by atoms with Crippen molar-refractivity contribution in [1.29, 1.82) is 0 Å². The molecule has 0 fully saturated rings. The van der Waals surface area contributed by atoms with Gasteiger partial charge in [-0.25, -0.2) is 9.97 Å². The van der Waals surface area contributed by atoms with Gasteiger partial charge in [0, 0.05) is 67.3 Å². The molecule has 0 saturated heterocycles. The van der Waals surface area contributed by atoms with E-state index in [0.29, 0.717) is 0 Å². The summed E-state index contributed by atoms with van der Waals surface area (Å²) in [5.41, 5.74) is 23.2. The molecule has 78 heavy (non-hydrogen) atoms. The average molecular weight is 1000 g/mol. The minimum atomic E-state index is 0.731. The van der Waals surface area contributed by atoms with Gasteiger partial charge in [-0.2, -0.15) is 0 Å². The normalized spacial score (nSPS) is 11.3. The lowest BCUT2D eigenvalue weighted by atomic mass is 9.95. The average Bonchev–Trinajstić information content (AvgIpc) is 3.95. The molecule has 0 N–H and O–H groups in total. The number of fused-ring (bicyclic) bond motifs is 3. The summed E-state index contributed by atoms with van der Waals surface area (Å²) in [7, 11) is 0. The zero-order valence-electron chi connectivity index (χ0n) is 43.8. The molecule has 0 amide bonds. The van der Waals surface area contributed by atoms with Crippen LogP contribution < -0.4 is 9.80 Å². The molecular formula is C73H55N5. The number of para-hydroxylation sites is 4. The maximum atomic E-state index is 5.15. The molecule has 5 nitrogen and oxygen atoms in total. The van der Waals surface area contributed by atoms with Crippen LogP contribution in [0.4, 0.5) is 34.1 Å². The van der Waals surface area contributed by atoms with Crippen LogP contribution in [0.3, 0.4) is 0 Å². The fourth-order valence-corrected chi connectivity index (χ4v) is 11.1. The molecule has 0 bridgehead atoms. The topological polar surface area (TPSA) is 37.2 Å². The van der Waals surface area contributed by atoms with Crippen LogP contribution in [0.1, 0.15) is 16.7 Å². The predicted molar refractivity (Wildman–Crippen MR) is 327 cm³/mol. The lowest BCUT2D eigenvalue weighted by Gasteiger charge is -2.26. The minimum Gasteiger partial charge on any atom is -0.310 e. The van der Waals surface area contributed by atoms with Crippen molar-refractivity contribution < 1.29 is 0 Å². The highest BCUT2D eigenvalue weighted by Gasteiger charge is 2.21. The molecule has 0 atom stereocenters. The van der Waals surface area contributed by atoms with Crippen LogP contribution in [0.25, 0.3) is 83.6 Å². The second kappa shape index (κ2) is 20.6. The second-order valence-electron chi connectivity index (χ2n) is 20.0. The third kappa shape index (κ3) is 9.07. The van der Waals surface area contributed by atoms with Gasteiger partial charge in [0.25, 0.3) is 0 Å². The van der Waals surface area contributed by atoms with Gasteiger partial charge in [-0.15, -0.1) is 0 Å². The van der Waals surface area contributed by atoms with E-state index in [4.69, 9.17) is 9.97 Å². The van der Waals surface area contributed by atoms with Crippen molar-refractivity contribution in [2.45, 2.75) is 20.8 Å². The van der Waals surface area contributed by atoms with Crippen molar-refractivity contribution in [3.05, 3.63) is 296 Å². The van der Waals surface area contributed by atoms with Crippen LogP contribution in [-0.4, -0.2) is 14.5 Å². The fourth-order valence-electron chi connectivity index (χ4n) is 11.1. The molecule has 0 aliphatic rings. The zero-order chi connectivity index (χ0) is 52.5. The summed E-state index contributed by atoms with van der Waals surface area (Å²) in [5.74, 6) is 0.731. The molecule has 13 rings (SSSR count). The second-order valence-corrected chi connectivity index (χ2v) is 20.0. The van der Waals surface area contributed by atoms with Crippen molar-refractivity contribution in [3.63, 3.8) is 0 Å². The highest BCUT2D eigenvalue weighted by atomic mass is 15.1. The molecule has 372 valence electrons. The monoisotopic (exact) mass is 1000 g/mol. The van der Waals surface area contributed by atoms with Gasteiger partial charge < -0.3 is 14.4 Å². The van der Waals surface area contributed by atoms with E-state index >= 15 is 0 Å². The van der Waals surface area contributed by atoms with E-state index in [1.165, 1.54) is 38.6 Å². The molecule has 0 aliphatic carbocycles. The summed E-state index contributed by atoms with van der Waals surface area (Å²) >= 11 is 0. The first-order valence-electron chi connectivity index (χ1n) is 26.6. The highest BCUT2D eigenvalue weighted by molar-refractivity contribution is 6.12. The number of hydrogen-bond acceptors (Lipinski definition) is 4. The van der Waals surface area contributed by atoms with Gasteiger partial charge in [-0.1, -0.05) is 176 Å². The van der Waals surface area contributed by atoms with Crippen LogP contribution in [0.5, 0.6) is 0 Å². The number of hydrogen-bond donors (Lipinski definition) is 0.